The van der Waals surface area contributed by atoms with Crippen molar-refractivity contribution in [3.05, 3.63) is 129 Å². The van der Waals surface area contributed by atoms with Gasteiger partial charge in [0.25, 0.3) is 5.56 Å². The fraction of sp³-hybridized carbons (Fsp3) is 0.476. The third-order valence-electron chi connectivity index (χ3n) is 9.76. The van der Waals surface area contributed by atoms with Crippen LogP contribution < -0.4 is 20.7 Å². The molecule has 1 aliphatic rings. The largest absolute Gasteiger partial charge is 0.497 e. The quantitative estimate of drug-likeness (QED) is 0.0855. The number of H-pyrrole nitrogens is 1. The van der Waals surface area contributed by atoms with E-state index in [1.807, 2.05) is 78.9 Å². The molecule has 0 amide bonds. The van der Waals surface area contributed by atoms with Crippen LogP contribution >= 0.6 is 8.45 Å². The van der Waals surface area contributed by atoms with E-state index in [1.54, 1.807) is 14.2 Å². The number of ether oxygens (including phenoxy) is 4. The first kappa shape index (κ1) is 42.2. The first-order valence-corrected chi connectivity index (χ1v) is 20.0. The van der Waals surface area contributed by atoms with Gasteiger partial charge in [-0.3, -0.25) is 14.3 Å². The van der Waals surface area contributed by atoms with E-state index in [0.717, 1.165) is 21.3 Å². The van der Waals surface area contributed by atoms with Crippen molar-refractivity contribution >= 4 is 8.45 Å². The van der Waals surface area contributed by atoms with Gasteiger partial charge in [0, 0.05) is 36.4 Å². The van der Waals surface area contributed by atoms with E-state index in [-0.39, 0.29) is 30.8 Å². The summed E-state index contributed by atoms with van der Waals surface area (Å²) in [6.45, 7) is 16.7. The Hall–Kier alpha value is -3.90. The van der Waals surface area contributed by atoms with Gasteiger partial charge in [-0.1, -0.05) is 54.6 Å². The van der Waals surface area contributed by atoms with Crippen LogP contribution in [0.25, 0.3) is 0 Å². The monoisotopic (exact) mass is 778 g/mol. The molecule has 0 bridgehead atoms. The minimum absolute atomic E-state index is 0.0645. The van der Waals surface area contributed by atoms with Crippen LogP contribution in [0.4, 0.5) is 4.39 Å². The Morgan fingerprint density at radius 1 is 0.745 bits per heavy atom. The highest BCUT2D eigenvalue weighted by Gasteiger charge is 2.52. The van der Waals surface area contributed by atoms with Crippen molar-refractivity contribution in [3.8, 4) is 11.5 Å². The molecule has 0 radical (unpaired) electrons. The van der Waals surface area contributed by atoms with Crippen molar-refractivity contribution in [3.63, 3.8) is 0 Å². The van der Waals surface area contributed by atoms with Gasteiger partial charge >= 0.3 is 5.69 Å². The fourth-order valence-electron chi connectivity index (χ4n) is 7.41. The van der Waals surface area contributed by atoms with Crippen molar-refractivity contribution in [1.29, 1.82) is 0 Å². The minimum atomic E-state index is -1.81. The molecule has 0 spiro atoms. The second-order valence-electron chi connectivity index (χ2n) is 14.8. The molecule has 13 heteroatoms. The molecule has 0 saturated carbocycles. The average molecular weight is 779 g/mol. The van der Waals surface area contributed by atoms with E-state index in [0.29, 0.717) is 11.5 Å². The lowest BCUT2D eigenvalue weighted by Gasteiger charge is -2.47. The van der Waals surface area contributed by atoms with E-state index in [2.05, 4.69) is 69.7 Å². The van der Waals surface area contributed by atoms with Gasteiger partial charge in [0.1, 0.15) is 29.3 Å². The Bertz CT molecular complexity index is 1840. The number of methoxy groups -OCH3 is 2. The summed E-state index contributed by atoms with van der Waals surface area (Å²) in [5.41, 5.74) is -0.180. The molecular weight excluding hydrogens is 722 g/mol. The number of hydrogen-bond donors (Lipinski definition) is 1. The smallest absolute Gasteiger partial charge is 0.330 e. The van der Waals surface area contributed by atoms with Crippen molar-refractivity contribution in [2.45, 2.75) is 110 Å². The van der Waals surface area contributed by atoms with Crippen LogP contribution in [0.2, 0.25) is 0 Å². The molecule has 1 N–H and O–H groups in total. The van der Waals surface area contributed by atoms with Crippen LogP contribution in [-0.4, -0.2) is 82.3 Å². The Morgan fingerprint density at radius 2 is 1.22 bits per heavy atom. The lowest BCUT2D eigenvalue weighted by molar-refractivity contribution is -0.0931. The lowest BCUT2D eigenvalue weighted by atomic mass is 9.80. The fourth-order valence-corrected chi connectivity index (χ4v) is 9.91. The zero-order valence-corrected chi connectivity index (χ0v) is 34.4. The topological polar surface area (TPSA) is 107 Å². The molecular formula is C42H56FN4O7P. The number of nitrogens with zero attached hydrogens (tertiary/aromatic N) is 3. The van der Waals surface area contributed by atoms with E-state index < -0.39 is 49.9 Å². The molecule has 1 aliphatic heterocycles. The summed E-state index contributed by atoms with van der Waals surface area (Å²) in [6, 6.07) is 26.5. The Balaban J connectivity index is 1.67. The Kier molecular flexibility index (Phi) is 14.1. The number of halogens is 1. The zero-order chi connectivity index (χ0) is 40.0. The maximum absolute atomic E-state index is 17.3. The molecule has 55 heavy (non-hydrogen) atoms. The Labute approximate surface area is 325 Å². The van der Waals surface area contributed by atoms with Gasteiger partial charge in [0.15, 0.2) is 20.8 Å². The van der Waals surface area contributed by atoms with Crippen LogP contribution in [0, 0.1) is 0 Å². The van der Waals surface area contributed by atoms with Crippen LogP contribution in [0.5, 0.6) is 11.5 Å². The second kappa shape index (κ2) is 18.4. The standard InChI is InChI=1S/C42H56FN4O7P/c1-27(2)46(28(3)4)55(47(29(5)6)30(7)8)54-39-36(53-40(38(39)43)45-25-24-37(48)44-41(45)49)26-52-42(31-14-12-11-13-15-31,32-16-20-34(50-9)21-17-32)33-18-22-35(51-10)23-19-33/h11-25,27-30,36,38-40H,26H2,1-10H3,(H,44,48,49)/t36-,38-,39-,40-/m1/s1. The highest BCUT2D eigenvalue weighted by Crippen LogP contribution is 2.54. The van der Waals surface area contributed by atoms with Crippen LogP contribution in [-0.2, 0) is 19.6 Å². The molecule has 0 unspecified atom stereocenters. The molecule has 1 saturated heterocycles. The van der Waals surface area contributed by atoms with Gasteiger partial charge in [-0.05, 0) is 96.3 Å². The first-order valence-electron chi connectivity index (χ1n) is 18.9. The van der Waals surface area contributed by atoms with Crippen LogP contribution in [0.15, 0.2) is 101 Å². The molecule has 4 atom stereocenters. The number of rotatable bonds is 17. The predicted octanol–water partition coefficient (Wildman–Crippen LogP) is 7.65. The summed E-state index contributed by atoms with van der Waals surface area (Å²) in [4.78, 5) is 27.4. The SMILES string of the molecule is COc1ccc(C(OC[C@H]2O[C@@H](n3ccc(=O)[nH]c3=O)[C@H](F)[C@@H]2OP(N(C(C)C)C(C)C)N(C(C)C)C(C)C)(c2ccccc2)c2ccc(OC)cc2)cc1. The van der Waals surface area contributed by atoms with Crippen molar-refractivity contribution in [1.82, 2.24) is 18.9 Å². The highest BCUT2D eigenvalue weighted by atomic mass is 31.2. The normalized spacial score (nSPS) is 19.2. The third kappa shape index (κ3) is 9.06. The molecule has 0 aliphatic carbocycles. The number of hydrogen-bond acceptors (Lipinski definition) is 9. The van der Waals surface area contributed by atoms with Gasteiger partial charge < -0.3 is 23.5 Å². The summed E-state index contributed by atoms with van der Waals surface area (Å²) in [7, 11) is 1.65. The van der Waals surface area contributed by atoms with Crippen molar-refractivity contribution < 1.29 is 27.9 Å². The molecule has 298 valence electrons. The van der Waals surface area contributed by atoms with Gasteiger partial charge in [-0.15, -0.1) is 0 Å². The molecule has 3 aromatic carbocycles. The summed E-state index contributed by atoms with van der Waals surface area (Å²) in [5.74, 6) is 1.35. The lowest BCUT2D eigenvalue weighted by Crippen LogP contribution is -2.46. The molecule has 2 heterocycles. The second-order valence-corrected chi connectivity index (χ2v) is 16.4. The van der Waals surface area contributed by atoms with Crippen molar-refractivity contribution in [2.24, 2.45) is 0 Å². The van der Waals surface area contributed by atoms with Gasteiger partial charge in [-0.2, -0.15) is 0 Å². The van der Waals surface area contributed by atoms with E-state index >= 15 is 4.39 Å². The molecule has 1 fully saturated rings. The summed E-state index contributed by atoms with van der Waals surface area (Å²) in [5, 5.41) is 0. The Morgan fingerprint density at radius 3 is 1.65 bits per heavy atom. The van der Waals surface area contributed by atoms with E-state index in [1.165, 1.54) is 12.3 Å². The number of alkyl halides is 1. The summed E-state index contributed by atoms with van der Waals surface area (Å²) in [6.07, 6.45) is -4.11. The van der Waals surface area contributed by atoms with Gasteiger partial charge in [0.05, 0.1) is 20.8 Å². The van der Waals surface area contributed by atoms with Crippen LogP contribution in [0.3, 0.4) is 0 Å². The molecule has 4 aromatic rings. The number of aromatic nitrogens is 2. The summed E-state index contributed by atoms with van der Waals surface area (Å²) >= 11 is 0. The van der Waals surface area contributed by atoms with E-state index in [9.17, 15) is 9.59 Å². The van der Waals surface area contributed by atoms with E-state index in [4.69, 9.17) is 23.5 Å². The average Bonchev–Trinajstić information content (AvgIpc) is 3.45. The number of aromatic amines is 1. The highest BCUT2D eigenvalue weighted by molar-refractivity contribution is 7.47. The van der Waals surface area contributed by atoms with Crippen molar-refractivity contribution in [2.75, 3.05) is 20.8 Å². The maximum Gasteiger partial charge on any atom is 0.330 e. The number of benzene rings is 3. The minimum Gasteiger partial charge on any atom is -0.497 e. The molecule has 5 rings (SSSR count). The zero-order valence-electron chi connectivity index (χ0n) is 33.5. The van der Waals surface area contributed by atoms with Crippen LogP contribution in [0.1, 0.15) is 78.3 Å². The molecule has 11 nitrogen and oxygen atoms in total. The molecule has 1 aromatic heterocycles. The first-order chi connectivity index (χ1) is 26.2. The third-order valence-corrected chi connectivity index (χ3v) is 12.8. The maximum atomic E-state index is 17.3. The summed E-state index contributed by atoms with van der Waals surface area (Å²) < 4.78 is 54.8. The van der Waals surface area contributed by atoms with Gasteiger partial charge in [-0.25, -0.2) is 18.5 Å². The van der Waals surface area contributed by atoms with Gasteiger partial charge in [0.2, 0.25) is 0 Å². The predicted molar refractivity (Wildman–Crippen MR) is 214 cm³/mol. The number of nitrogens with one attached hydrogen (secondary N) is 1.